The smallest absolute Gasteiger partial charge is 0.284 e. The summed E-state index contributed by atoms with van der Waals surface area (Å²) in [6.45, 7) is 0. The minimum atomic E-state index is -0.562. The van der Waals surface area contributed by atoms with Gasteiger partial charge in [0, 0.05) is 11.8 Å². The van der Waals surface area contributed by atoms with Crippen LogP contribution in [0.2, 0.25) is 0 Å². The number of benzene rings is 1. The predicted octanol–water partition coefficient (Wildman–Crippen LogP) is 3.17. The number of aromatic nitrogens is 1. The molecule has 0 unspecified atom stereocenters. The van der Waals surface area contributed by atoms with E-state index in [4.69, 9.17) is 10.2 Å². The van der Waals surface area contributed by atoms with E-state index in [1.54, 1.807) is 18.3 Å². The van der Waals surface area contributed by atoms with Crippen LogP contribution in [0, 0.1) is 0 Å². The highest BCUT2D eigenvalue weighted by atomic mass is 32.1. The van der Waals surface area contributed by atoms with Crippen LogP contribution in [0.25, 0.3) is 21.8 Å². The van der Waals surface area contributed by atoms with Crippen molar-refractivity contribution >= 4 is 17.4 Å². The summed E-state index contributed by atoms with van der Waals surface area (Å²) in [5.74, 6) is 0.235. The summed E-state index contributed by atoms with van der Waals surface area (Å²) in [5.41, 5.74) is 7.16. The van der Waals surface area contributed by atoms with Crippen LogP contribution >= 0.6 is 11.5 Å². The maximum atomic E-state index is 11.0. The topological polar surface area (TPSA) is 69.1 Å². The number of furan rings is 1. The Morgan fingerprint density at radius 1 is 1.05 bits per heavy atom. The molecule has 0 aliphatic heterocycles. The molecule has 1 amide bonds. The van der Waals surface area contributed by atoms with Gasteiger partial charge in [-0.05, 0) is 35.3 Å². The predicted molar refractivity (Wildman–Crippen MR) is 73.8 cm³/mol. The third-order valence-electron chi connectivity index (χ3n) is 2.74. The third-order valence-corrected chi connectivity index (χ3v) is 3.54. The van der Waals surface area contributed by atoms with Crippen molar-refractivity contribution in [3.05, 3.63) is 54.4 Å². The van der Waals surface area contributed by atoms with E-state index in [-0.39, 0.29) is 5.76 Å². The fourth-order valence-electron chi connectivity index (χ4n) is 1.79. The summed E-state index contributed by atoms with van der Waals surface area (Å²) in [7, 11) is 0. The molecular weight excluding hydrogens is 260 g/mol. The number of rotatable bonds is 3. The number of hydrogen-bond donors (Lipinski definition) is 1. The van der Waals surface area contributed by atoms with Crippen LogP contribution in [0.15, 0.2) is 53.1 Å². The lowest BCUT2D eigenvalue weighted by Gasteiger charge is -1.99. The Balaban J connectivity index is 1.91. The Morgan fingerprint density at radius 2 is 1.79 bits per heavy atom. The van der Waals surface area contributed by atoms with Crippen LogP contribution in [-0.2, 0) is 0 Å². The monoisotopic (exact) mass is 270 g/mol. The standard InChI is InChI=1S/C14H10N2O2S/c15-14(17)12-6-5-11(18-12)9-1-3-10(4-2-9)13-7-8-16-19-13/h1-8H,(H2,15,17). The van der Waals surface area contributed by atoms with Crippen LogP contribution in [0.5, 0.6) is 0 Å². The molecule has 0 aliphatic carbocycles. The number of nitrogens with zero attached hydrogens (tertiary/aromatic N) is 1. The van der Waals surface area contributed by atoms with Crippen molar-refractivity contribution in [2.75, 3.05) is 0 Å². The van der Waals surface area contributed by atoms with E-state index in [9.17, 15) is 4.79 Å². The average Bonchev–Trinajstić information content (AvgIpc) is 3.11. The number of hydrogen-bond acceptors (Lipinski definition) is 4. The largest absolute Gasteiger partial charge is 0.451 e. The van der Waals surface area contributed by atoms with Crippen LogP contribution in [0.1, 0.15) is 10.6 Å². The molecule has 3 rings (SSSR count). The maximum absolute atomic E-state index is 11.0. The molecule has 2 N–H and O–H groups in total. The van der Waals surface area contributed by atoms with Crippen molar-refractivity contribution in [2.24, 2.45) is 5.73 Å². The van der Waals surface area contributed by atoms with E-state index in [0.29, 0.717) is 5.76 Å². The van der Waals surface area contributed by atoms with Gasteiger partial charge in [0.1, 0.15) is 5.76 Å². The van der Waals surface area contributed by atoms with Crippen LogP contribution in [0.3, 0.4) is 0 Å². The van der Waals surface area contributed by atoms with E-state index < -0.39 is 5.91 Å². The molecule has 0 saturated carbocycles. The lowest BCUT2D eigenvalue weighted by Crippen LogP contribution is -2.09. The van der Waals surface area contributed by atoms with E-state index >= 15 is 0 Å². The second-order valence-electron chi connectivity index (χ2n) is 3.98. The van der Waals surface area contributed by atoms with E-state index in [1.807, 2.05) is 30.3 Å². The first-order valence-corrected chi connectivity index (χ1v) is 6.42. The van der Waals surface area contributed by atoms with Crippen molar-refractivity contribution in [3.8, 4) is 21.8 Å². The van der Waals surface area contributed by atoms with Crippen molar-refractivity contribution in [1.82, 2.24) is 4.37 Å². The minimum Gasteiger partial charge on any atom is -0.451 e. The van der Waals surface area contributed by atoms with E-state index in [2.05, 4.69) is 4.37 Å². The fourth-order valence-corrected chi connectivity index (χ4v) is 2.39. The average molecular weight is 270 g/mol. The van der Waals surface area contributed by atoms with Crippen molar-refractivity contribution < 1.29 is 9.21 Å². The molecule has 0 bridgehead atoms. The third kappa shape index (κ3) is 2.28. The highest BCUT2D eigenvalue weighted by molar-refractivity contribution is 7.09. The van der Waals surface area contributed by atoms with Crippen molar-refractivity contribution in [1.29, 1.82) is 0 Å². The van der Waals surface area contributed by atoms with Crippen LogP contribution in [-0.4, -0.2) is 10.3 Å². The summed E-state index contributed by atoms with van der Waals surface area (Å²) in [6, 6.07) is 13.2. The lowest BCUT2D eigenvalue weighted by molar-refractivity contribution is 0.0974. The normalized spacial score (nSPS) is 10.5. The Labute approximate surface area is 113 Å². The number of nitrogens with two attached hydrogens (primary N) is 1. The Morgan fingerprint density at radius 3 is 2.37 bits per heavy atom. The Bertz CT molecular complexity index is 699. The van der Waals surface area contributed by atoms with Crippen LogP contribution in [0.4, 0.5) is 0 Å². The zero-order chi connectivity index (χ0) is 13.2. The van der Waals surface area contributed by atoms with Crippen molar-refractivity contribution in [2.45, 2.75) is 0 Å². The minimum absolute atomic E-state index is 0.168. The first kappa shape index (κ1) is 11.7. The van der Waals surface area contributed by atoms with Gasteiger partial charge in [0.25, 0.3) is 5.91 Å². The highest BCUT2D eigenvalue weighted by Gasteiger charge is 2.09. The van der Waals surface area contributed by atoms with Gasteiger partial charge in [-0.2, -0.15) is 0 Å². The molecule has 0 atom stereocenters. The molecule has 0 radical (unpaired) electrons. The quantitative estimate of drug-likeness (QED) is 0.794. The molecule has 0 spiro atoms. The van der Waals surface area contributed by atoms with Gasteiger partial charge < -0.3 is 10.2 Å². The molecule has 2 heterocycles. The summed E-state index contributed by atoms with van der Waals surface area (Å²) in [4.78, 5) is 12.1. The Kier molecular flexibility index (Phi) is 2.89. The molecule has 19 heavy (non-hydrogen) atoms. The molecule has 0 fully saturated rings. The summed E-state index contributed by atoms with van der Waals surface area (Å²) in [6.07, 6.45) is 1.78. The zero-order valence-electron chi connectivity index (χ0n) is 9.87. The molecule has 0 saturated heterocycles. The molecule has 5 heteroatoms. The second kappa shape index (κ2) is 4.70. The van der Waals surface area contributed by atoms with E-state index in [1.165, 1.54) is 11.5 Å². The first-order chi connectivity index (χ1) is 9.24. The number of primary amides is 1. The SMILES string of the molecule is NC(=O)c1ccc(-c2ccc(-c3ccns3)cc2)o1. The molecular formula is C14H10N2O2S. The van der Waals surface area contributed by atoms with Gasteiger partial charge in [0.05, 0.1) is 4.88 Å². The molecule has 2 aromatic heterocycles. The highest BCUT2D eigenvalue weighted by Crippen LogP contribution is 2.27. The van der Waals surface area contributed by atoms with Crippen LogP contribution < -0.4 is 5.73 Å². The lowest BCUT2D eigenvalue weighted by atomic mass is 10.1. The second-order valence-corrected chi connectivity index (χ2v) is 4.82. The summed E-state index contributed by atoms with van der Waals surface area (Å²) < 4.78 is 9.45. The molecule has 3 aromatic rings. The first-order valence-electron chi connectivity index (χ1n) is 5.65. The van der Waals surface area contributed by atoms with Gasteiger partial charge in [-0.3, -0.25) is 4.79 Å². The van der Waals surface area contributed by atoms with Crippen molar-refractivity contribution in [3.63, 3.8) is 0 Å². The van der Waals surface area contributed by atoms with Gasteiger partial charge in [0.15, 0.2) is 5.76 Å². The molecule has 94 valence electrons. The number of carbonyl (C=O) groups is 1. The summed E-state index contributed by atoms with van der Waals surface area (Å²) >= 11 is 1.45. The Hall–Kier alpha value is -2.40. The molecule has 4 nitrogen and oxygen atoms in total. The maximum Gasteiger partial charge on any atom is 0.284 e. The van der Waals surface area contributed by atoms with Gasteiger partial charge in [0.2, 0.25) is 0 Å². The molecule has 1 aromatic carbocycles. The number of amides is 1. The number of carbonyl (C=O) groups excluding carboxylic acids is 1. The van der Waals surface area contributed by atoms with Gasteiger partial charge in [-0.15, -0.1) is 0 Å². The van der Waals surface area contributed by atoms with Gasteiger partial charge in [-0.1, -0.05) is 24.3 Å². The van der Waals surface area contributed by atoms with E-state index in [0.717, 1.165) is 16.0 Å². The summed E-state index contributed by atoms with van der Waals surface area (Å²) in [5, 5.41) is 0. The van der Waals surface area contributed by atoms with Gasteiger partial charge >= 0.3 is 0 Å². The van der Waals surface area contributed by atoms with Gasteiger partial charge in [-0.25, -0.2) is 4.37 Å². The fraction of sp³-hybridized carbons (Fsp3) is 0. The molecule has 0 aliphatic rings. The zero-order valence-corrected chi connectivity index (χ0v) is 10.7.